The van der Waals surface area contributed by atoms with E-state index in [0.717, 1.165) is 33.8 Å². The Morgan fingerprint density at radius 3 is 0.975 bits per heavy atom. The molecule has 0 N–H and O–H groups in total. The molecule has 0 spiro atoms. The zero-order valence-corrected chi connectivity index (χ0v) is 25.0. The zero-order valence-electron chi connectivity index (χ0n) is 22.3. The normalized spacial score (nSPS) is 10.9. The first-order valence-electron chi connectivity index (χ1n) is 12.7. The van der Waals surface area contributed by atoms with E-state index in [0.29, 0.717) is 0 Å². The number of rotatable bonds is 6. The SMILES string of the molecule is Cc1ccc(-c2ccn(C(n3ccc(-c4ccc(C)cc4)n3)n3ccc(-c4ccc(C)cc4)n3)n2)cc1.[Cl][Mn][Cl]. The summed E-state index contributed by atoms with van der Waals surface area (Å²) in [6, 6.07) is 31.3. The Morgan fingerprint density at radius 1 is 0.475 bits per heavy atom. The third-order valence-electron chi connectivity index (χ3n) is 6.58. The minimum atomic E-state index is -0.405. The molecule has 6 nitrogen and oxygen atoms in total. The van der Waals surface area contributed by atoms with Crippen molar-refractivity contribution in [2.45, 2.75) is 27.1 Å². The van der Waals surface area contributed by atoms with Gasteiger partial charge in [-0.1, -0.05) is 89.5 Å². The molecular formula is C31H28Cl2MnN6. The number of aromatic nitrogens is 6. The van der Waals surface area contributed by atoms with E-state index in [1.807, 2.05) is 50.8 Å². The molecule has 3 heterocycles. The standard InChI is InChI=1S/C31H28N6.2ClH.Mn/c1-22-4-10-25(11-5-22)28-16-19-35(32-28)31(36-20-17-29(33-36)26-12-6-23(2)7-13-26)37-21-18-30(34-37)27-14-8-24(3)9-15-27;;;/h4-21,31H,1-3H3;2*1H;/q;;;+2/p-2. The van der Waals surface area contributed by atoms with Crippen LogP contribution in [0.4, 0.5) is 0 Å². The van der Waals surface area contributed by atoms with E-state index in [4.69, 9.17) is 35.5 Å². The van der Waals surface area contributed by atoms with Crippen LogP contribution in [0.2, 0.25) is 0 Å². The summed E-state index contributed by atoms with van der Waals surface area (Å²) in [6.07, 6.45) is 5.55. The van der Waals surface area contributed by atoms with Gasteiger partial charge in [-0.3, -0.25) is 0 Å². The number of aryl methyl sites for hydroxylation is 3. The predicted molar refractivity (Wildman–Crippen MR) is 159 cm³/mol. The number of hydrogen-bond donors (Lipinski definition) is 0. The van der Waals surface area contributed by atoms with Crippen LogP contribution in [0.3, 0.4) is 0 Å². The molecule has 6 aromatic rings. The fraction of sp³-hybridized carbons (Fsp3) is 0.129. The van der Waals surface area contributed by atoms with E-state index in [-0.39, 0.29) is 13.1 Å². The molecule has 0 saturated carbocycles. The van der Waals surface area contributed by atoms with Crippen molar-refractivity contribution in [1.82, 2.24) is 29.3 Å². The van der Waals surface area contributed by atoms with Gasteiger partial charge in [0.2, 0.25) is 6.29 Å². The molecule has 0 atom stereocenters. The predicted octanol–water partition coefficient (Wildman–Crippen LogP) is 8.13. The van der Waals surface area contributed by atoms with Gasteiger partial charge in [0.05, 0.1) is 17.1 Å². The number of halogens is 2. The fourth-order valence-electron chi connectivity index (χ4n) is 4.40. The summed E-state index contributed by atoms with van der Waals surface area (Å²) in [4.78, 5) is 0. The van der Waals surface area contributed by atoms with Crippen molar-refractivity contribution in [3.05, 3.63) is 126 Å². The summed E-state index contributed by atoms with van der Waals surface area (Å²) in [5, 5.41) is 14.8. The van der Waals surface area contributed by atoms with Crippen LogP contribution in [0.5, 0.6) is 0 Å². The Balaban J connectivity index is 0.00000103. The first-order valence-corrected chi connectivity index (χ1v) is 15.9. The summed E-state index contributed by atoms with van der Waals surface area (Å²) >= 11 is 0.00694. The van der Waals surface area contributed by atoms with Gasteiger partial charge >= 0.3 is 33.3 Å². The van der Waals surface area contributed by atoms with E-state index in [9.17, 15) is 0 Å². The molecule has 0 aliphatic rings. The second-order valence-electron chi connectivity index (χ2n) is 9.54. The fourth-order valence-corrected chi connectivity index (χ4v) is 4.40. The quantitative estimate of drug-likeness (QED) is 0.179. The molecule has 0 aliphatic carbocycles. The van der Waals surface area contributed by atoms with Crippen LogP contribution in [0.1, 0.15) is 23.0 Å². The van der Waals surface area contributed by atoms with Gasteiger partial charge in [-0.2, -0.15) is 15.3 Å². The zero-order chi connectivity index (χ0) is 28.1. The third-order valence-corrected chi connectivity index (χ3v) is 6.58. The van der Waals surface area contributed by atoms with Crippen LogP contribution >= 0.6 is 20.2 Å². The first-order chi connectivity index (χ1) is 19.4. The molecule has 3 aromatic heterocycles. The molecule has 3 aromatic carbocycles. The third kappa shape index (κ3) is 6.40. The van der Waals surface area contributed by atoms with E-state index >= 15 is 0 Å². The van der Waals surface area contributed by atoms with Gasteiger partial charge in [0.25, 0.3) is 0 Å². The molecule has 0 aliphatic heterocycles. The van der Waals surface area contributed by atoms with Crippen molar-refractivity contribution >= 4 is 20.2 Å². The van der Waals surface area contributed by atoms with E-state index in [1.54, 1.807) is 0 Å². The molecule has 40 heavy (non-hydrogen) atoms. The second kappa shape index (κ2) is 12.7. The van der Waals surface area contributed by atoms with Crippen molar-refractivity contribution in [3.63, 3.8) is 0 Å². The molecular weight excluding hydrogens is 582 g/mol. The molecule has 0 amide bonds. The molecule has 9 heteroatoms. The van der Waals surface area contributed by atoms with E-state index < -0.39 is 6.29 Å². The Kier molecular flexibility index (Phi) is 8.88. The Morgan fingerprint density at radius 2 is 0.725 bits per heavy atom. The van der Waals surface area contributed by atoms with Gasteiger partial charge < -0.3 is 0 Å². The molecule has 203 valence electrons. The topological polar surface area (TPSA) is 53.5 Å². The minimum absolute atomic E-state index is 0.00694. The van der Waals surface area contributed by atoms with Crippen LogP contribution in [0.25, 0.3) is 33.8 Å². The van der Waals surface area contributed by atoms with Gasteiger partial charge in [0.15, 0.2) is 0 Å². The molecule has 0 saturated heterocycles. The van der Waals surface area contributed by atoms with Gasteiger partial charge in [-0.05, 0) is 39.0 Å². The molecule has 6 rings (SSSR count). The summed E-state index contributed by atoms with van der Waals surface area (Å²) in [5.41, 5.74) is 9.61. The monoisotopic (exact) mass is 609 g/mol. The van der Waals surface area contributed by atoms with Gasteiger partial charge in [0, 0.05) is 35.3 Å². The number of benzene rings is 3. The maximum atomic E-state index is 4.95. The van der Waals surface area contributed by atoms with E-state index in [2.05, 4.69) is 93.6 Å². The summed E-state index contributed by atoms with van der Waals surface area (Å²) in [7, 11) is 9.59. The van der Waals surface area contributed by atoms with Crippen LogP contribution in [-0.4, -0.2) is 29.3 Å². The average Bonchev–Trinajstić information content (AvgIpc) is 3.73. The van der Waals surface area contributed by atoms with Crippen molar-refractivity contribution in [2.24, 2.45) is 0 Å². The second-order valence-corrected chi connectivity index (χ2v) is 11.5. The van der Waals surface area contributed by atoms with E-state index in [1.165, 1.54) is 16.7 Å². The van der Waals surface area contributed by atoms with Crippen LogP contribution in [0.15, 0.2) is 110 Å². The van der Waals surface area contributed by atoms with Crippen molar-refractivity contribution in [1.29, 1.82) is 0 Å². The van der Waals surface area contributed by atoms with Gasteiger partial charge in [-0.15, -0.1) is 0 Å². The number of nitrogens with zero attached hydrogens (tertiary/aromatic N) is 6. The average molecular weight is 610 g/mol. The molecule has 0 bridgehead atoms. The summed E-state index contributed by atoms with van der Waals surface area (Å²) < 4.78 is 5.73. The Bertz CT molecular complexity index is 1470. The van der Waals surface area contributed by atoms with Crippen molar-refractivity contribution in [3.8, 4) is 33.8 Å². The first kappa shape index (κ1) is 27.9. The summed E-state index contributed by atoms with van der Waals surface area (Å²) in [5.74, 6) is 0. The van der Waals surface area contributed by atoms with Crippen LogP contribution in [0, 0.1) is 20.8 Å². The molecule has 0 fully saturated rings. The maximum absolute atomic E-state index is 4.95. The van der Waals surface area contributed by atoms with Crippen molar-refractivity contribution in [2.75, 3.05) is 0 Å². The Labute approximate surface area is 248 Å². The molecule has 0 unspecified atom stereocenters. The Hall–Kier alpha value is -3.61. The van der Waals surface area contributed by atoms with Gasteiger partial charge in [-0.25, -0.2) is 14.0 Å². The van der Waals surface area contributed by atoms with Crippen LogP contribution < -0.4 is 0 Å². The molecule has 0 radical (unpaired) electrons. The van der Waals surface area contributed by atoms with Crippen LogP contribution in [-0.2, 0) is 13.1 Å². The van der Waals surface area contributed by atoms with Gasteiger partial charge in [0.1, 0.15) is 0 Å². The van der Waals surface area contributed by atoms with Crippen molar-refractivity contribution < 1.29 is 13.1 Å². The number of hydrogen-bond acceptors (Lipinski definition) is 3. The summed E-state index contributed by atoms with van der Waals surface area (Å²) in [6.45, 7) is 6.27.